The Morgan fingerprint density at radius 2 is 1.85 bits per heavy atom. The molecular formula is C20H18BN3O2. The molecule has 0 aliphatic heterocycles. The maximum atomic E-state index is 9.52. The molecule has 2 aromatic carbocycles. The second kappa shape index (κ2) is 5.93. The molecule has 26 heavy (non-hydrogen) atoms. The normalized spacial score (nSPS) is 13.9. The van der Waals surface area contributed by atoms with E-state index in [9.17, 15) is 10.0 Å². The maximum Gasteiger partial charge on any atom is 0.488 e. The molecule has 0 atom stereocenters. The number of fused-ring (bicyclic) bond motifs is 5. The van der Waals surface area contributed by atoms with Crippen molar-refractivity contribution in [1.29, 1.82) is 0 Å². The van der Waals surface area contributed by atoms with Crippen molar-refractivity contribution in [2.24, 2.45) is 0 Å². The summed E-state index contributed by atoms with van der Waals surface area (Å²) < 4.78 is 0. The van der Waals surface area contributed by atoms with E-state index in [-0.39, 0.29) is 0 Å². The Morgan fingerprint density at radius 1 is 1.00 bits per heavy atom. The summed E-state index contributed by atoms with van der Waals surface area (Å²) in [5, 5.41) is 28.6. The Hall–Kier alpha value is -2.70. The molecule has 0 fully saturated rings. The zero-order valence-corrected chi connectivity index (χ0v) is 14.2. The molecule has 0 spiro atoms. The van der Waals surface area contributed by atoms with Crippen LogP contribution in [-0.2, 0) is 12.8 Å². The molecule has 0 bridgehead atoms. The summed E-state index contributed by atoms with van der Waals surface area (Å²) >= 11 is 0. The van der Waals surface area contributed by atoms with Crippen LogP contribution >= 0.6 is 0 Å². The van der Waals surface area contributed by atoms with Crippen LogP contribution in [0.15, 0.2) is 42.6 Å². The number of pyridine rings is 1. The molecule has 6 heteroatoms. The fraction of sp³-hybridized carbons (Fsp3) is 0.200. The second-order valence-corrected chi connectivity index (χ2v) is 6.91. The number of aromatic amines is 1. The molecule has 0 unspecified atom stereocenters. The van der Waals surface area contributed by atoms with Crippen LogP contribution in [0.3, 0.4) is 0 Å². The molecule has 5 nitrogen and oxygen atoms in total. The fourth-order valence-electron chi connectivity index (χ4n) is 4.13. The summed E-state index contributed by atoms with van der Waals surface area (Å²) in [5.41, 5.74) is 7.01. The highest BCUT2D eigenvalue weighted by atomic mass is 16.4. The van der Waals surface area contributed by atoms with Gasteiger partial charge in [0.15, 0.2) is 0 Å². The SMILES string of the molecule is OB(O)c1cccc(-c2nc3ccc4[nH]ncc4c3c3c2CCCC3)c1. The number of nitrogens with zero attached hydrogens (tertiary/aromatic N) is 2. The van der Waals surface area contributed by atoms with E-state index in [2.05, 4.69) is 10.2 Å². The van der Waals surface area contributed by atoms with Gasteiger partial charge in [-0.05, 0) is 54.4 Å². The number of nitrogens with one attached hydrogen (secondary N) is 1. The lowest BCUT2D eigenvalue weighted by Crippen LogP contribution is -2.29. The Kier molecular flexibility index (Phi) is 3.55. The summed E-state index contributed by atoms with van der Waals surface area (Å²) in [5.74, 6) is 0. The molecule has 5 rings (SSSR count). The first kappa shape index (κ1) is 15.6. The summed E-state index contributed by atoms with van der Waals surface area (Å²) in [4.78, 5) is 4.98. The maximum absolute atomic E-state index is 9.52. The van der Waals surface area contributed by atoms with Crippen molar-refractivity contribution in [3.05, 3.63) is 53.7 Å². The number of aromatic nitrogens is 3. The van der Waals surface area contributed by atoms with Crippen LogP contribution in [0.5, 0.6) is 0 Å². The third kappa shape index (κ3) is 2.34. The van der Waals surface area contributed by atoms with Crippen LogP contribution in [0.2, 0.25) is 0 Å². The highest BCUT2D eigenvalue weighted by Gasteiger charge is 2.22. The van der Waals surface area contributed by atoms with Gasteiger partial charge in [0.2, 0.25) is 0 Å². The van der Waals surface area contributed by atoms with E-state index in [1.807, 2.05) is 36.5 Å². The third-order valence-electron chi connectivity index (χ3n) is 5.35. The van der Waals surface area contributed by atoms with E-state index in [1.165, 1.54) is 22.9 Å². The number of H-pyrrole nitrogens is 1. The first-order chi connectivity index (χ1) is 12.7. The molecule has 128 valence electrons. The van der Waals surface area contributed by atoms with Crippen LogP contribution in [0.4, 0.5) is 0 Å². The summed E-state index contributed by atoms with van der Waals surface area (Å²) in [6.07, 6.45) is 6.24. The van der Waals surface area contributed by atoms with Crippen LogP contribution in [0, 0.1) is 0 Å². The van der Waals surface area contributed by atoms with Gasteiger partial charge in [-0.2, -0.15) is 5.10 Å². The van der Waals surface area contributed by atoms with Crippen LogP contribution in [0.1, 0.15) is 24.0 Å². The lowest BCUT2D eigenvalue weighted by Gasteiger charge is -2.22. The predicted molar refractivity (Wildman–Crippen MR) is 103 cm³/mol. The minimum absolute atomic E-state index is 0.485. The monoisotopic (exact) mass is 343 g/mol. The molecule has 1 aliphatic carbocycles. The van der Waals surface area contributed by atoms with Gasteiger partial charge in [-0.1, -0.05) is 24.3 Å². The number of rotatable bonds is 2. The molecule has 2 aromatic heterocycles. The van der Waals surface area contributed by atoms with Crippen LogP contribution in [-0.4, -0.2) is 32.3 Å². The molecule has 0 amide bonds. The molecule has 0 radical (unpaired) electrons. The Bertz CT molecular complexity index is 1140. The number of hydrogen-bond acceptors (Lipinski definition) is 4. The van der Waals surface area contributed by atoms with E-state index < -0.39 is 7.12 Å². The van der Waals surface area contributed by atoms with Gasteiger partial charge in [-0.25, -0.2) is 4.98 Å². The molecule has 4 aromatic rings. The van der Waals surface area contributed by atoms with Gasteiger partial charge in [0, 0.05) is 16.3 Å². The third-order valence-corrected chi connectivity index (χ3v) is 5.35. The van der Waals surface area contributed by atoms with E-state index in [4.69, 9.17) is 4.98 Å². The van der Waals surface area contributed by atoms with Crippen molar-refractivity contribution in [3.63, 3.8) is 0 Å². The largest absolute Gasteiger partial charge is 0.488 e. The number of benzene rings is 2. The molecule has 2 heterocycles. The first-order valence-electron chi connectivity index (χ1n) is 8.96. The summed E-state index contributed by atoms with van der Waals surface area (Å²) in [7, 11) is -1.48. The van der Waals surface area contributed by atoms with Crippen LogP contribution in [0.25, 0.3) is 33.1 Å². The Morgan fingerprint density at radius 3 is 2.69 bits per heavy atom. The van der Waals surface area contributed by atoms with Gasteiger partial charge in [0.05, 0.1) is 22.9 Å². The van der Waals surface area contributed by atoms with Gasteiger partial charge >= 0.3 is 7.12 Å². The number of aryl methyl sites for hydroxylation is 1. The van der Waals surface area contributed by atoms with Crippen LogP contribution < -0.4 is 5.46 Å². The van der Waals surface area contributed by atoms with Crippen molar-refractivity contribution in [3.8, 4) is 11.3 Å². The summed E-state index contributed by atoms with van der Waals surface area (Å²) in [6.45, 7) is 0. The minimum atomic E-state index is -1.48. The van der Waals surface area contributed by atoms with Crippen molar-refractivity contribution in [1.82, 2.24) is 15.2 Å². The smallest absolute Gasteiger partial charge is 0.423 e. The van der Waals surface area contributed by atoms with Crippen molar-refractivity contribution in [2.75, 3.05) is 0 Å². The van der Waals surface area contributed by atoms with Gasteiger partial charge in [0.25, 0.3) is 0 Å². The number of hydrogen-bond donors (Lipinski definition) is 3. The fourth-order valence-corrected chi connectivity index (χ4v) is 4.13. The minimum Gasteiger partial charge on any atom is -0.423 e. The molecule has 0 saturated heterocycles. The standard InChI is InChI=1S/C20H18BN3O2/c25-21(26)13-5-3-4-12(10-13)20-15-7-2-1-6-14(15)19-16-11-22-24-17(16)8-9-18(19)23-20/h3-5,8-11,25-26H,1-2,6-7H2,(H,22,24). The van der Waals surface area contributed by atoms with E-state index in [1.54, 1.807) is 6.07 Å². The zero-order valence-electron chi connectivity index (χ0n) is 14.2. The Labute approximate surface area is 150 Å². The molecule has 1 aliphatic rings. The first-order valence-corrected chi connectivity index (χ1v) is 8.96. The molecular weight excluding hydrogens is 325 g/mol. The molecule has 3 N–H and O–H groups in total. The van der Waals surface area contributed by atoms with Crippen molar-refractivity contribution < 1.29 is 10.0 Å². The quantitative estimate of drug-likeness (QED) is 0.488. The van der Waals surface area contributed by atoms with E-state index in [0.29, 0.717) is 5.46 Å². The van der Waals surface area contributed by atoms with Gasteiger partial charge in [0.1, 0.15) is 0 Å². The lowest BCUT2D eigenvalue weighted by atomic mass is 9.78. The van der Waals surface area contributed by atoms with E-state index in [0.717, 1.165) is 46.9 Å². The van der Waals surface area contributed by atoms with Gasteiger partial charge in [-0.3, -0.25) is 5.10 Å². The Balaban J connectivity index is 1.84. The zero-order chi connectivity index (χ0) is 17.7. The summed E-state index contributed by atoms with van der Waals surface area (Å²) in [6, 6.07) is 11.4. The van der Waals surface area contributed by atoms with Gasteiger partial charge < -0.3 is 10.0 Å². The second-order valence-electron chi connectivity index (χ2n) is 6.91. The highest BCUT2D eigenvalue weighted by molar-refractivity contribution is 6.58. The topological polar surface area (TPSA) is 82.0 Å². The van der Waals surface area contributed by atoms with Crippen molar-refractivity contribution >= 4 is 34.4 Å². The van der Waals surface area contributed by atoms with Gasteiger partial charge in [-0.15, -0.1) is 0 Å². The van der Waals surface area contributed by atoms with E-state index >= 15 is 0 Å². The predicted octanol–water partition coefficient (Wildman–Crippen LogP) is 2.34. The molecule has 0 saturated carbocycles. The lowest BCUT2D eigenvalue weighted by molar-refractivity contribution is 0.426. The average Bonchev–Trinajstić information content (AvgIpc) is 3.16. The van der Waals surface area contributed by atoms with Crippen molar-refractivity contribution in [2.45, 2.75) is 25.7 Å². The average molecular weight is 343 g/mol. The highest BCUT2D eigenvalue weighted by Crippen LogP contribution is 2.37.